The van der Waals surface area contributed by atoms with E-state index in [4.69, 9.17) is 9.47 Å². The first-order chi connectivity index (χ1) is 14.3. The predicted molar refractivity (Wildman–Crippen MR) is 119 cm³/mol. The fourth-order valence-electron chi connectivity index (χ4n) is 3.08. The zero-order valence-corrected chi connectivity index (χ0v) is 18.6. The minimum Gasteiger partial charge on any atom is -0.497 e. The molecule has 160 valence electrons. The van der Waals surface area contributed by atoms with Crippen LogP contribution < -0.4 is 20.3 Å². The molecular weight excluding hydrogens is 404 g/mol. The first-order valence-electron chi connectivity index (χ1n) is 9.57. The van der Waals surface area contributed by atoms with E-state index in [-0.39, 0.29) is 23.1 Å². The molecule has 2 N–H and O–H groups in total. The van der Waals surface area contributed by atoms with Gasteiger partial charge in [-0.05, 0) is 31.0 Å². The van der Waals surface area contributed by atoms with Gasteiger partial charge in [0.25, 0.3) is 5.56 Å². The summed E-state index contributed by atoms with van der Waals surface area (Å²) in [6, 6.07) is 7.02. The van der Waals surface area contributed by atoms with Crippen LogP contribution in [-0.2, 0) is 11.3 Å². The number of nitrogens with one attached hydrogen (secondary N) is 2. The van der Waals surface area contributed by atoms with Crippen molar-refractivity contribution < 1.29 is 14.3 Å². The monoisotopic (exact) mass is 430 g/mol. The van der Waals surface area contributed by atoms with E-state index in [0.29, 0.717) is 39.9 Å². The van der Waals surface area contributed by atoms with E-state index in [0.717, 1.165) is 5.69 Å². The van der Waals surface area contributed by atoms with Gasteiger partial charge < -0.3 is 19.8 Å². The Morgan fingerprint density at radius 2 is 2.03 bits per heavy atom. The molecule has 0 radical (unpaired) electrons. The van der Waals surface area contributed by atoms with Crippen molar-refractivity contribution in [3.05, 3.63) is 40.3 Å². The molecule has 0 unspecified atom stereocenters. The van der Waals surface area contributed by atoms with Crippen molar-refractivity contribution in [3.63, 3.8) is 0 Å². The lowest BCUT2D eigenvalue weighted by atomic mass is 10.2. The number of fused-ring (bicyclic) bond motifs is 1. The lowest BCUT2D eigenvalue weighted by Gasteiger charge is -2.14. The van der Waals surface area contributed by atoms with Gasteiger partial charge in [-0.25, -0.2) is 4.98 Å². The van der Waals surface area contributed by atoms with Crippen LogP contribution in [0.25, 0.3) is 11.0 Å². The summed E-state index contributed by atoms with van der Waals surface area (Å²) in [6.45, 7) is 6.48. The number of amides is 1. The molecule has 3 rings (SSSR count). The molecule has 0 aliphatic carbocycles. The predicted octanol–water partition coefficient (Wildman–Crippen LogP) is 3.44. The highest BCUT2D eigenvalue weighted by molar-refractivity contribution is 7.99. The van der Waals surface area contributed by atoms with Crippen LogP contribution in [0.2, 0.25) is 0 Å². The molecule has 0 saturated heterocycles. The molecule has 9 heteroatoms. The van der Waals surface area contributed by atoms with Gasteiger partial charge in [0.2, 0.25) is 5.91 Å². The number of carbonyl (C=O) groups excluding carboxylic acids is 1. The van der Waals surface area contributed by atoms with Crippen molar-refractivity contribution in [2.45, 2.75) is 32.5 Å². The number of carbonyl (C=O) groups is 1. The van der Waals surface area contributed by atoms with Crippen LogP contribution in [0, 0.1) is 12.8 Å². The second-order valence-corrected chi connectivity index (χ2v) is 8.26. The summed E-state index contributed by atoms with van der Waals surface area (Å²) in [7, 11) is 3.09. The molecule has 2 heterocycles. The fraction of sp³-hybridized carbons (Fsp3) is 0.381. The van der Waals surface area contributed by atoms with Gasteiger partial charge in [0.1, 0.15) is 17.0 Å². The topological polar surface area (TPSA) is 98.2 Å². The SMILES string of the molecule is COc1ccc(OC)c(NC(=O)CSc2nc3cc(C)[nH]c3c(=O)n2CC(C)C)c1. The van der Waals surface area contributed by atoms with E-state index in [1.54, 1.807) is 29.9 Å². The zero-order chi connectivity index (χ0) is 21.8. The molecule has 0 fully saturated rings. The normalized spacial score (nSPS) is 11.1. The molecule has 2 aromatic heterocycles. The lowest BCUT2D eigenvalue weighted by molar-refractivity contribution is -0.113. The molecule has 1 aromatic carbocycles. The first-order valence-corrected chi connectivity index (χ1v) is 10.6. The van der Waals surface area contributed by atoms with Gasteiger partial charge in [0.05, 0.1) is 31.2 Å². The number of aromatic nitrogens is 3. The molecule has 0 aliphatic rings. The number of hydrogen-bond donors (Lipinski definition) is 2. The fourth-order valence-corrected chi connectivity index (χ4v) is 3.88. The Morgan fingerprint density at radius 3 is 2.70 bits per heavy atom. The molecule has 0 aliphatic heterocycles. The molecule has 0 spiro atoms. The first kappa shape index (κ1) is 21.8. The number of anilines is 1. The van der Waals surface area contributed by atoms with E-state index in [2.05, 4.69) is 15.3 Å². The number of rotatable bonds is 8. The van der Waals surface area contributed by atoms with Crippen LogP contribution >= 0.6 is 11.8 Å². The molecular formula is C21H26N4O4S. The van der Waals surface area contributed by atoms with E-state index in [1.807, 2.05) is 26.8 Å². The molecule has 8 nitrogen and oxygen atoms in total. The van der Waals surface area contributed by atoms with Crippen molar-refractivity contribution in [2.24, 2.45) is 5.92 Å². The lowest BCUT2D eigenvalue weighted by Crippen LogP contribution is -2.26. The second kappa shape index (κ2) is 9.25. The quantitative estimate of drug-likeness (QED) is 0.420. The maximum absolute atomic E-state index is 12.9. The summed E-state index contributed by atoms with van der Waals surface area (Å²) in [5, 5.41) is 3.36. The van der Waals surface area contributed by atoms with Gasteiger partial charge in [0.15, 0.2) is 5.16 Å². The standard InChI is InChI=1S/C21H26N4O4S/c1-12(2)10-25-20(27)19-16(8-13(3)22-19)24-21(25)30-11-18(26)23-15-9-14(28-4)6-7-17(15)29-5/h6-9,12,22H,10-11H2,1-5H3,(H,23,26). The van der Waals surface area contributed by atoms with E-state index in [9.17, 15) is 9.59 Å². The average Bonchev–Trinajstić information content (AvgIpc) is 3.09. The number of benzene rings is 1. The van der Waals surface area contributed by atoms with Gasteiger partial charge >= 0.3 is 0 Å². The van der Waals surface area contributed by atoms with Gasteiger partial charge in [-0.15, -0.1) is 0 Å². The minimum atomic E-state index is -0.234. The van der Waals surface area contributed by atoms with Crippen molar-refractivity contribution in [1.82, 2.24) is 14.5 Å². The Balaban J connectivity index is 1.83. The summed E-state index contributed by atoms with van der Waals surface area (Å²) in [5.74, 6) is 1.27. The molecule has 0 saturated carbocycles. The van der Waals surface area contributed by atoms with Crippen LogP contribution in [0.1, 0.15) is 19.5 Å². The van der Waals surface area contributed by atoms with Crippen LogP contribution in [0.3, 0.4) is 0 Å². The van der Waals surface area contributed by atoms with Crippen LogP contribution in [0.15, 0.2) is 34.2 Å². The summed E-state index contributed by atoms with van der Waals surface area (Å²) in [6.07, 6.45) is 0. The van der Waals surface area contributed by atoms with Gasteiger partial charge in [-0.3, -0.25) is 14.2 Å². The largest absolute Gasteiger partial charge is 0.497 e. The van der Waals surface area contributed by atoms with Crippen molar-refractivity contribution in [1.29, 1.82) is 0 Å². The Morgan fingerprint density at radius 1 is 1.27 bits per heavy atom. The summed E-state index contributed by atoms with van der Waals surface area (Å²) < 4.78 is 12.1. The molecule has 30 heavy (non-hydrogen) atoms. The maximum atomic E-state index is 12.9. The minimum absolute atomic E-state index is 0.0970. The van der Waals surface area contributed by atoms with Crippen LogP contribution in [-0.4, -0.2) is 40.4 Å². The number of ether oxygens (including phenoxy) is 2. The number of aromatic amines is 1. The third kappa shape index (κ3) is 4.79. The van der Waals surface area contributed by atoms with Crippen molar-refractivity contribution in [2.75, 3.05) is 25.3 Å². The number of methoxy groups -OCH3 is 2. The van der Waals surface area contributed by atoms with E-state index < -0.39 is 0 Å². The Bertz CT molecular complexity index is 1120. The second-order valence-electron chi connectivity index (χ2n) is 7.32. The molecule has 1 amide bonds. The summed E-state index contributed by atoms with van der Waals surface area (Å²) in [4.78, 5) is 33.2. The third-order valence-corrected chi connectivity index (χ3v) is 5.37. The van der Waals surface area contributed by atoms with Crippen molar-refractivity contribution >= 4 is 34.4 Å². The third-order valence-electron chi connectivity index (χ3n) is 4.40. The number of aryl methyl sites for hydroxylation is 1. The Hall–Kier alpha value is -2.94. The zero-order valence-electron chi connectivity index (χ0n) is 17.7. The molecule has 3 aromatic rings. The number of nitrogens with zero attached hydrogens (tertiary/aromatic N) is 2. The molecule has 0 atom stereocenters. The summed E-state index contributed by atoms with van der Waals surface area (Å²) in [5.41, 5.74) is 2.36. The average molecular weight is 431 g/mol. The smallest absolute Gasteiger partial charge is 0.278 e. The highest BCUT2D eigenvalue weighted by atomic mass is 32.2. The van der Waals surface area contributed by atoms with E-state index >= 15 is 0 Å². The Kier molecular flexibility index (Phi) is 6.71. The van der Waals surface area contributed by atoms with Crippen molar-refractivity contribution in [3.8, 4) is 11.5 Å². The van der Waals surface area contributed by atoms with Gasteiger partial charge in [0, 0.05) is 18.3 Å². The highest BCUT2D eigenvalue weighted by Gasteiger charge is 2.16. The highest BCUT2D eigenvalue weighted by Crippen LogP contribution is 2.29. The number of H-pyrrole nitrogens is 1. The number of hydrogen-bond acceptors (Lipinski definition) is 6. The maximum Gasteiger partial charge on any atom is 0.278 e. The van der Waals surface area contributed by atoms with Crippen LogP contribution in [0.4, 0.5) is 5.69 Å². The number of thioether (sulfide) groups is 1. The van der Waals surface area contributed by atoms with Gasteiger partial charge in [-0.1, -0.05) is 25.6 Å². The summed E-state index contributed by atoms with van der Waals surface area (Å²) >= 11 is 1.23. The van der Waals surface area contributed by atoms with E-state index in [1.165, 1.54) is 18.9 Å². The van der Waals surface area contributed by atoms with Gasteiger partial charge in [-0.2, -0.15) is 0 Å². The van der Waals surface area contributed by atoms with Crippen LogP contribution in [0.5, 0.6) is 11.5 Å². The molecule has 0 bridgehead atoms. The Labute approximate surface area is 179 Å².